The molecule has 3 N–H and O–H groups in total. The Hall–Kier alpha value is -2.56. The zero-order valence-electron chi connectivity index (χ0n) is 10.6. The van der Waals surface area contributed by atoms with E-state index in [1.807, 2.05) is 24.3 Å². The maximum absolute atomic E-state index is 8.64. The number of hydrogen-bond donors (Lipinski definition) is 2. The second-order valence-corrected chi connectivity index (χ2v) is 3.97. The van der Waals surface area contributed by atoms with Gasteiger partial charge < -0.3 is 15.7 Å². The van der Waals surface area contributed by atoms with Crippen molar-refractivity contribution >= 4 is 5.84 Å². The van der Waals surface area contributed by atoms with Crippen LogP contribution in [0.5, 0.6) is 11.6 Å². The van der Waals surface area contributed by atoms with E-state index in [9.17, 15) is 0 Å². The van der Waals surface area contributed by atoms with Gasteiger partial charge in [0.1, 0.15) is 5.75 Å². The molecule has 0 unspecified atom stereocenters. The molecule has 2 aromatic rings. The predicted octanol–water partition coefficient (Wildman–Crippen LogP) is 2.53. The summed E-state index contributed by atoms with van der Waals surface area (Å²) in [5, 5.41) is 11.6. The van der Waals surface area contributed by atoms with Gasteiger partial charge in [-0.05, 0) is 30.2 Å². The van der Waals surface area contributed by atoms with Crippen LogP contribution in [0.4, 0.5) is 0 Å². The van der Waals surface area contributed by atoms with Crippen LogP contribution in [0.15, 0.2) is 47.8 Å². The lowest BCUT2D eigenvalue weighted by atomic mass is 10.2. The molecule has 0 atom stereocenters. The van der Waals surface area contributed by atoms with Gasteiger partial charge in [-0.2, -0.15) is 0 Å². The van der Waals surface area contributed by atoms with Gasteiger partial charge in [-0.1, -0.05) is 24.2 Å². The van der Waals surface area contributed by atoms with Crippen molar-refractivity contribution in [1.29, 1.82) is 0 Å². The average Bonchev–Trinajstić information content (AvgIpc) is 2.47. The molecule has 98 valence electrons. The minimum Gasteiger partial charge on any atom is -0.439 e. The first-order chi connectivity index (χ1) is 9.22. The molecule has 0 saturated heterocycles. The topological polar surface area (TPSA) is 80.7 Å². The molecule has 5 heteroatoms. The van der Waals surface area contributed by atoms with Crippen molar-refractivity contribution in [2.75, 3.05) is 0 Å². The summed E-state index contributed by atoms with van der Waals surface area (Å²) in [6.07, 6.45) is 2.49. The van der Waals surface area contributed by atoms with Crippen LogP contribution >= 0.6 is 0 Å². The Kier molecular flexibility index (Phi) is 3.97. The van der Waals surface area contributed by atoms with Crippen molar-refractivity contribution in [3.8, 4) is 11.6 Å². The van der Waals surface area contributed by atoms with Gasteiger partial charge in [0.05, 0.1) is 0 Å². The van der Waals surface area contributed by atoms with E-state index in [-0.39, 0.29) is 5.84 Å². The Bertz CT molecular complexity index is 597. The van der Waals surface area contributed by atoms with Crippen LogP contribution in [0, 0.1) is 0 Å². The zero-order chi connectivity index (χ0) is 13.7. The first kappa shape index (κ1) is 12.9. The second-order valence-electron chi connectivity index (χ2n) is 3.97. The number of ether oxygens (including phenoxy) is 1. The Morgan fingerprint density at radius 1 is 1.37 bits per heavy atom. The third-order valence-electron chi connectivity index (χ3n) is 2.67. The summed E-state index contributed by atoms with van der Waals surface area (Å²) in [6, 6.07) is 11.0. The number of aromatic nitrogens is 1. The molecule has 2 rings (SSSR count). The number of rotatable bonds is 4. The van der Waals surface area contributed by atoms with Gasteiger partial charge in [-0.15, -0.1) is 0 Å². The highest BCUT2D eigenvalue weighted by Crippen LogP contribution is 2.21. The molecule has 19 heavy (non-hydrogen) atoms. The molecule has 0 saturated carbocycles. The summed E-state index contributed by atoms with van der Waals surface area (Å²) in [5.41, 5.74) is 7.26. The molecule has 0 fully saturated rings. The van der Waals surface area contributed by atoms with Crippen LogP contribution in [0.3, 0.4) is 0 Å². The van der Waals surface area contributed by atoms with Gasteiger partial charge in [-0.3, -0.25) is 0 Å². The summed E-state index contributed by atoms with van der Waals surface area (Å²) < 4.78 is 5.65. The molecule has 1 aromatic carbocycles. The normalized spacial score (nSPS) is 11.3. The number of oxime groups is 1. The van der Waals surface area contributed by atoms with Crippen LogP contribution < -0.4 is 10.5 Å². The molecular weight excluding hydrogens is 242 g/mol. The summed E-state index contributed by atoms with van der Waals surface area (Å²) in [7, 11) is 0. The summed E-state index contributed by atoms with van der Waals surface area (Å²) in [6.45, 7) is 2.08. The number of amidine groups is 1. The highest BCUT2D eigenvalue weighted by Gasteiger charge is 2.04. The fourth-order valence-corrected chi connectivity index (χ4v) is 1.63. The van der Waals surface area contributed by atoms with Gasteiger partial charge >= 0.3 is 0 Å². The Balaban J connectivity index is 2.23. The predicted molar refractivity (Wildman–Crippen MR) is 72.6 cm³/mol. The molecule has 0 bridgehead atoms. The summed E-state index contributed by atoms with van der Waals surface area (Å²) in [4.78, 5) is 4.09. The zero-order valence-corrected chi connectivity index (χ0v) is 10.6. The monoisotopic (exact) mass is 257 g/mol. The highest BCUT2D eigenvalue weighted by molar-refractivity contribution is 5.97. The van der Waals surface area contributed by atoms with E-state index in [0.717, 1.165) is 6.42 Å². The van der Waals surface area contributed by atoms with Crippen molar-refractivity contribution in [1.82, 2.24) is 4.98 Å². The standard InChI is InChI=1S/C14H15N3O2/c1-2-10-4-3-5-12(8-10)19-13-9-11(6-7-16-13)14(15)17-18/h3-9,18H,2H2,1H3,(H2,15,17). The van der Waals surface area contributed by atoms with Crippen molar-refractivity contribution < 1.29 is 9.94 Å². The summed E-state index contributed by atoms with van der Waals surface area (Å²) >= 11 is 0. The Morgan fingerprint density at radius 3 is 2.95 bits per heavy atom. The van der Waals surface area contributed by atoms with Crippen LogP contribution in [0.25, 0.3) is 0 Å². The number of nitrogens with zero attached hydrogens (tertiary/aromatic N) is 2. The van der Waals surface area contributed by atoms with Crippen LogP contribution in [-0.2, 0) is 6.42 Å². The van der Waals surface area contributed by atoms with Crippen LogP contribution in [0.2, 0.25) is 0 Å². The fourth-order valence-electron chi connectivity index (χ4n) is 1.63. The van der Waals surface area contributed by atoms with Crippen LogP contribution in [-0.4, -0.2) is 16.0 Å². The van der Waals surface area contributed by atoms with Gasteiger partial charge in [-0.25, -0.2) is 4.98 Å². The van der Waals surface area contributed by atoms with Gasteiger partial charge in [0.2, 0.25) is 5.88 Å². The fraction of sp³-hybridized carbons (Fsp3) is 0.143. The lowest BCUT2D eigenvalue weighted by molar-refractivity contribution is 0.318. The Morgan fingerprint density at radius 2 is 2.21 bits per heavy atom. The van der Waals surface area contributed by atoms with E-state index in [1.165, 1.54) is 5.56 Å². The smallest absolute Gasteiger partial charge is 0.219 e. The minimum absolute atomic E-state index is 0.0227. The van der Waals surface area contributed by atoms with Crippen molar-refractivity contribution in [2.45, 2.75) is 13.3 Å². The number of benzene rings is 1. The summed E-state index contributed by atoms with van der Waals surface area (Å²) in [5.74, 6) is 1.13. The minimum atomic E-state index is 0.0227. The van der Waals surface area contributed by atoms with Gasteiger partial charge in [0, 0.05) is 17.8 Å². The SMILES string of the molecule is CCc1cccc(Oc2cc(/C(N)=N/O)ccn2)c1. The molecule has 1 aromatic heterocycles. The van der Waals surface area contributed by atoms with Gasteiger partial charge in [0.15, 0.2) is 5.84 Å². The van der Waals surface area contributed by atoms with E-state index in [1.54, 1.807) is 18.3 Å². The second kappa shape index (κ2) is 5.86. The molecule has 0 spiro atoms. The largest absolute Gasteiger partial charge is 0.439 e. The molecular formula is C14H15N3O2. The van der Waals surface area contributed by atoms with E-state index in [2.05, 4.69) is 17.1 Å². The maximum Gasteiger partial charge on any atom is 0.219 e. The number of hydrogen-bond acceptors (Lipinski definition) is 4. The highest BCUT2D eigenvalue weighted by atomic mass is 16.5. The van der Waals surface area contributed by atoms with E-state index in [0.29, 0.717) is 17.2 Å². The van der Waals surface area contributed by atoms with Crippen LogP contribution in [0.1, 0.15) is 18.1 Å². The molecule has 0 aliphatic carbocycles. The number of aryl methyl sites for hydroxylation is 1. The van der Waals surface area contributed by atoms with E-state index >= 15 is 0 Å². The quantitative estimate of drug-likeness (QED) is 0.381. The van der Waals surface area contributed by atoms with E-state index < -0.39 is 0 Å². The first-order valence-corrected chi connectivity index (χ1v) is 5.93. The van der Waals surface area contributed by atoms with Gasteiger partial charge in [0.25, 0.3) is 0 Å². The van der Waals surface area contributed by atoms with Crippen molar-refractivity contribution in [3.63, 3.8) is 0 Å². The number of pyridine rings is 1. The lowest BCUT2D eigenvalue weighted by Crippen LogP contribution is -2.13. The first-order valence-electron chi connectivity index (χ1n) is 5.93. The molecule has 5 nitrogen and oxygen atoms in total. The number of nitrogens with two attached hydrogens (primary N) is 1. The lowest BCUT2D eigenvalue weighted by Gasteiger charge is -2.07. The molecule has 0 radical (unpaired) electrons. The van der Waals surface area contributed by atoms with E-state index in [4.69, 9.17) is 15.7 Å². The molecule has 0 aliphatic rings. The maximum atomic E-state index is 8.64. The third kappa shape index (κ3) is 3.22. The average molecular weight is 257 g/mol. The molecule has 0 aliphatic heterocycles. The molecule has 0 amide bonds. The molecule has 1 heterocycles. The van der Waals surface area contributed by atoms with Crippen molar-refractivity contribution in [3.05, 3.63) is 53.7 Å². The van der Waals surface area contributed by atoms with Crippen molar-refractivity contribution in [2.24, 2.45) is 10.9 Å². The third-order valence-corrected chi connectivity index (χ3v) is 2.67. The Labute approximate surface area is 111 Å².